The molecule has 0 amide bonds. The maximum Gasteiger partial charge on any atom is 0.213 e. The Morgan fingerprint density at radius 2 is 2.19 bits per heavy atom. The third-order valence-electron chi connectivity index (χ3n) is 3.84. The lowest BCUT2D eigenvalue weighted by molar-refractivity contribution is -0.118. The van der Waals surface area contributed by atoms with E-state index in [-0.39, 0.29) is 6.10 Å². The number of pyridine rings is 1. The van der Waals surface area contributed by atoms with Crippen molar-refractivity contribution in [3.63, 3.8) is 0 Å². The Kier molecular flexibility index (Phi) is 5.74. The third-order valence-corrected chi connectivity index (χ3v) is 3.84. The molecule has 0 aromatic carbocycles. The summed E-state index contributed by atoms with van der Waals surface area (Å²) >= 11 is 0. The number of rotatable bonds is 8. The van der Waals surface area contributed by atoms with Crippen molar-refractivity contribution in [1.29, 1.82) is 0 Å². The summed E-state index contributed by atoms with van der Waals surface area (Å²) in [5.74, 6) is 0.988. The average molecular weight is 290 g/mol. The molecule has 4 nitrogen and oxygen atoms in total. The first-order valence-electron chi connectivity index (χ1n) is 7.96. The van der Waals surface area contributed by atoms with E-state index < -0.39 is 0 Å². The first-order chi connectivity index (χ1) is 10.1. The predicted octanol–water partition coefficient (Wildman–Crippen LogP) is 2.90. The van der Waals surface area contributed by atoms with E-state index >= 15 is 0 Å². The van der Waals surface area contributed by atoms with Gasteiger partial charge in [-0.2, -0.15) is 0 Å². The van der Waals surface area contributed by atoms with Crippen molar-refractivity contribution in [2.45, 2.75) is 71.1 Å². The molecular formula is C17H26N2O2. The van der Waals surface area contributed by atoms with Crippen LogP contribution >= 0.6 is 0 Å². The van der Waals surface area contributed by atoms with Gasteiger partial charge in [-0.05, 0) is 24.8 Å². The first kappa shape index (κ1) is 16.0. The van der Waals surface area contributed by atoms with Crippen LogP contribution in [0.3, 0.4) is 0 Å². The van der Waals surface area contributed by atoms with Gasteiger partial charge in [-0.15, -0.1) is 0 Å². The standard InChI is InChI=1S/C17H26N2O2/c1-4-15(20)7-5-13-6-8-17(18-11-13)21-16-9-14(10-16)19-12(2)3/h6,8,11-12,14,16,19H,4-5,7,9-10H2,1-3H3. The minimum absolute atomic E-state index is 0.279. The molecule has 1 aliphatic carbocycles. The van der Waals surface area contributed by atoms with Crippen LogP contribution < -0.4 is 10.1 Å². The van der Waals surface area contributed by atoms with Crippen molar-refractivity contribution < 1.29 is 9.53 Å². The maximum absolute atomic E-state index is 11.3. The van der Waals surface area contributed by atoms with Crippen LogP contribution in [0.5, 0.6) is 5.88 Å². The lowest BCUT2D eigenvalue weighted by atomic mass is 9.89. The van der Waals surface area contributed by atoms with Gasteiger partial charge in [-0.25, -0.2) is 4.98 Å². The van der Waals surface area contributed by atoms with Gasteiger partial charge in [0.1, 0.15) is 11.9 Å². The van der Waals surface area contributed by atoms with Crippen LogP contribution in [0.25, 0.3) is 0 Å². The van der Waals surface area contributed by atoms with Crippen LogP contribution in [-0.2, 0) is 11.2 Å². The molecule has 1 aromatic heterocycles. The summed E-state index contributed by atoms with van der Waals surface area (Å²) in [4.78, 5) is 15.6. The molecule has 2 rings (SSSR count). The molecular weight excluding hydrogens is 264 g/mol. The topological polar surface area (TPSA) is 51.2 Å². The van der Waals surface area contributed by atoms with Crippen LogP contribution in [0.2, 0.25) is 0 Å². The van der Waals surface area contributed by atoms with Crippen molar-refractivity contribution in [3.8, 4) is 5.88 Å². The van der Waals surface area contributed by atoms with Crippen LogP contribution in [-0.4, -0.2) is 29.0 Å². The number of nitrogens with zero attached hydrogens (tertiary/aromatic N) is 1. The van der Waals surface area contributed by atoms with Crippen LogP contribution in [0.4, 0.5) is 0 Å². The van der Waals surface area contributed by atoms with Gasteiger partial charge in [-0.3, -0.25) is 4.79 Å². The van der Waals surface area contributed by atoms with E-state index in [1.54, 1.807) is 0 Å². The van der Waals surface area contributed by atoms with Crippen molar-refractivity contribution in [2.24, 2.45) is 0 Å². The number of Topliss-reactive ketones (excluding diaryl/α,β-unsaturated/α-hetero) is 1. The van der Waals surface area contributed by atoms with Gasteiger partial charge in [0, 0.05) is 37.2 Å². The molecule has 0 atom stereocenters. The smallest absolute Gasteiger partial charge is 0.213 e. The minimum Gasteiger partial charge on any atom is -0.474 e. The second-order valence-electron chi connectivity index (χ2n) is 6.13. The summed E-state index contributed by atoms with van der Waals surface area (Å²) in [7, 11) is 0. The fourth-order valence-corrected chi connectivity index (χ4v) is 2.53. The lowest BCUT2D eigenvalue weighted by Crippen LogP contribution is -2.49. The summed E-state index contributed by atoms with van der Waals surface area (Å²) in [6.07, 6.45) is 6.18. The SMILES string of the molecule is CCC(=O)CCc1ccc(OC2CC(NC(C)C)C2)nc1. The quantitative estimate of drug-likeness (QED) is 0.800. The number of aromatic nitrogens is 1. The van der Waals surface area contributed by atoms with Crippen molar-refractivity contribution in [3.05, 3.63) is 23.9 Å². The highest BCUT2D eigenvalue weighted by atomic mass is 16.5. The number of ketones is 1. The van der Waals surface area contributed by atoms with Gasteiger partial charge >= 0.3 is 0 Å². The summed E-state index contributed by atoms with van der Waals surface area (Å²) in [5, 5.41) is 3.50. The van der Waals surface area contributed by atoms with Gasteiger partial charge in [0.15, 0.2) is 0 Å². The zero-order valence-electron chi connectivity index (χ0n) is 13.3. The fourth-order valence-electron chi connectivity index (χ4n) is 2.53. The fraction of sp³-hybridized carbons (Fsp3) is 0.647. The largest absolute Gasteiger partial charge is 0.474 e. The number of aryl methyl sites for hydroxylation is 1. The number of carbonyl (C=O) groups is 1. The Labute approximate surface area is 127 Å². The molecule has 116 valence electrons. The number of nitrogens with one attached hydrogen (secondary N) is 1. The lowest BCUT2D eigenvalue weighted by Gasteiger charge is -2.36. The van der Waals surface area contributed by atoms with Gasteiger partial charge in [0.25, 0.3) is 0 Å². The van der Waals surface area contributed by atoms with Crippen LogP contribution in [0.15, 0.2) is 18.3 Å². The van der Waals surface area contributed by atoms with E-state index in [4.69, 9.17) is 4.74 Å². The van der Waals surface area contributed by atoms with Gasteiger partial charge < -0.3 is 10.1 Å². The second kappa shape index (κ2) is 7.55. The highest BCUT2D eigenvalue weighted by Crippen LogP contribution is 2.25. The van der Waals surface area contributed by atoms with Crippen LogP contribution in [0.1, 0.15) is 52.0 Å². The van der Waals surface area contributed by atoms with E-state index in [1.165, 1.54) is 0 Å². The Morgan fingerprint density at radius 3 is 2.76 bits per heavy atom. The van der Waals surface area contributed by atoms with Gasteiger partial charge in [-0.1, -0.05) is 26.8 Å². The van der Waals surface area contributed by atoms with Gasteiger partial charge in [0.2, 0.25) is 5.88 Å². The molecule has 1 fully saturated rings. The molecule has 0 spiro atoms. The second-order valence-corrected chi connectivity index (χ2v) is 6.13. The first-order valence-corrected chi connectivity index (χ1v) is 7.96. The number of hydrogen-bond donors (Lipinski definition) is 1. The normalized spacial score (nSPS) is 21.1. The van der Waals surface area contributed by atoms with Gasteiger partial charge in [0.05, 0.1) is 0 Å². The molecule has 1 heterocycles. The molecule has 1 N–H and O–H groups in total. The molecule has 1 saturated carbocycles. The summed E-state index contributed by atoms with van der Waals surface area (Å²) in [5.41, 5.74) is 1.09. The van der Waals surface area contributed by atoms with Crippen LogP contribution in [0, 0.1) is 0 Å². The minimum atomic E-state index is 0.279. The van der Waals surface area contributed by atoms with E-state index in [1.807, 2.05) is 25.3 Å². The summed E-state index contributed by atoms with van der Waals surface area (Å²) in [6.45, 7) is 6.23. The molecule has 0 aliphatic heterocycles. The number of carbonyl (C=O) groups excluding carboxylic acids is 1. The third kappa shape index (κ3) is 5.12. The Balaban J connectivity index is 1.72. The zero-order chi connectivity index (χ0) is 15.2. The van der Waals surface area contributed by atoms with E-state index in [0.29, 0.717) is 36.6 Å². The molecule has 0 saturated heterocycles. The van der Waals surface area contributed by atoms with Crippen molar-refractivity contribution in [2.75, 3.05) is 0 Å². The molecule has 1 aliphatic rings. The summed E-state index contributed by atoms with van der Waals surface area (Å²) < 4.78 is 5.85. The molecule has 0 unspecified atom stereocenters. The maximum atomic E-state index is 11.3. The zero-order valence-corrected chi connectivity index (χ0v) is 13.3. The van der Waals surface area contributed by atoms with Crippen molar-refractivity contribution in [1.82, 2.24) is 10.3 Å². The Morgan fingerprint density at radius 1 is 1.43 bits per heavy atom. The molecule has 21 heavy (non-hydrogen) atoms. The molecule has 0 radical (unpaired) electrons. The Hall–Kier alpha value is -1.42. The molecule has 4 heteroatoms. The monoisotopic (exact) mass is 290 g/mol. The summed E-state index contributed by atoms with van der Waals surface area (Å²) in [6, 6.07) is 5.02. The van der Waals surface area contributed by atoms with Crippen molar-refractivity contribution >= 4 is 5.78 Å². The predicted molar refractivity (Wildman–Crippen MR) is 83.6 cm³/mol. The average Bonchev–Trinajstić information content (AvgIpc) is 2.43. The molecule has 0 bridgehead atoms. The highest BCUT2D eigenvalue weighted by Gasteiger charge is 2.31. The number of ether oxygens (including phenoxy) is 1. The van der Waals surface area contributed by atoms with E-state index in [9.17, 15) is 4.79 Å². The molecule has 1 aromatic rings. The number of hydrogen-bond acceptors (Lipinski definition) is 4. The van der Waals surface area contributed by atoms with E-state index in [0.717, 1.165) is 24.8 Å². The Bertz CT molecular complexity index is 450. The van der Waals surface area contributed by atoms with E-state index in [2.05, 4.69) is 24.1 Å². The highest BCUT2D eigenvalue weighted by molar-refractivity contribution is 5.78.